The van der Waals surface area contributed by atoms with Gasteiger partial charge in [-0.05, 0) is 30.9 Å². The van der Waals surface area contributed by atoms with E-state index >= 15 is 0 Å². The van der Waals surface area contributed by atoms with Crippen LogP contribution in [0.25, 0.3) is 0 Å². The normalized spacial score (nSPS) is 20.8. The summed E-state index contributed by atoms with van der Waals surface area (Å²) in [4.78, 5) is 16.1. The zero-order chi connectivity index (χ0) is 13.5. The summed E-state index contributed by atoms with van der Waals surface area (Å²) < 4.78 is 0. The van der Waals surface area contributed by atoms with Crippen molar-refractivity contribution in [2.75, 3.05) is 6.54 Å². The maximum absolute atomic E-state index is 11.9. The molecule has 1 aromatic heterocycles. The van der Waals surface area contributed by atoms with E-state index in [0.717, 1.165) is 25.0 Å². The molecule has 1 heterocycles. The van der Waals surface area contributed by atoms with Crippen molar-refractivity contribution in [3.8, 4) is 0 Å². The van der Waals surface area contributed by atoms with Crippen LogP contribution >= 0.6 is 24.8 Å². The number of halogens is 2. The lowest BCUT2D eigenvalue weighted by Gasteiger charge is -2.27. The predicted octanol–water partition coefficient (Wildman–Crippen LogP) is 2.49. The van der Waals surface area contributed by atoms with Crippen molar-refractivity contribution < 1.29 is 4.79 Å². The lowest BCUT2D eigenvalue weighted by Crippen LogP contribution is -2.37. The fourth-order valence-electron chi connectivity index (χ4n) is 2.68. The van der Waals surface area contributed by atoms with Gasteiger partial charge in [0, 0.05) is 37.3 Å². The first-order valence-electron chi connectivity index (χ1n) is 7.18. The smallest absolute Gasteiger partial charge is 0.220 e. The second kappa shape index (κ2) is 10.8. The molecule has 1 aromatic rings. The molecule has 0 saturated heterocycles. The van der Waals surface area contributed by atoms with Crippen LogP contribution in [0.3, 0.4) is 0 Å². The summed E-state index contributed by atoms with van der Waals surface area (Å²) in [6.07, 6.45) is 7.70. The number of hydrogen-bond acceptors (Lipinski definition) is 3. The lowest BCUT2D eigenvalue weighted by molar-refractivity contribution is -0.122. The topological polar surface area (TPSA) is 68.0 Å². The first-order valence-corrected chi connectivity index (χ1v) is 7.18. The predicted molar refractivity (Wildman–Crippen MR) is 90.0 cm³/mol. The van der Waals surface area contributed by atoms with Crippen molar-refractivity contribution in [3.05, 3.63) is 30.1 Å². The fourth-order valence-corrected chi connectivity index (χ4v) is 2.68. The number of amides is 1. The zero-order valence-electron chi connectivity index (χ0n) is 12.2. The van der Waals surface area contributed by atoms with Crippen LogP contribution in [0.2, 0.25) is 0 Å². The second-order valence-corrected chi connectivity index (χ2v) is 5.33. The van der Waals surface area contributed by atoms with Gasteiger partial charge in [0.2, 0.25) is 5.91 Å². The molecule has 2 atom stereocenters. The SMILES string of the molecule is Cl.Cl.NC1CCCCC1CC(=O)NCCc1ccccn1. The van der Waals surface area contributed by atoms with E-state index in [2.05, 4.69) is 10.3 Å². The summed E-state index contributed by atoms with van der Waals surface area (Å²) in [5, 5.41) is 2.96. The number of nitrogens with one attached hydrogen (secondary N) is 1. The molecule has 6 heteroatoms. The van der Waals surface area contributed by atoms with Crippen molar-refractivity contribution in [1.29, 1.82) is 0 Å². The van der Waals surface area contributed by atoms with Crippen LogP contribution in [-0.4, -0.2) is 23.5 Å². The van der Waals surface area contributed by atoms with E-state index < -0.39 is 0 Å². The Balaban J connectivity index is 0.00000200. The minimum absolute atomic E-state index is 0. The van der Waals surface area contributed by atoms with Crippen LogP contribution in [0.15, 0.2) is 24.4 Å². The Morgan fingerprint density at radius 2 is 2.05 bits per heavy atom. The average Bonchev–Trinajstić information content (AvgIpc) is 2.43. The van der Waals surface area contributed by atoms with E-state index in [1.165, 1.54) is 12.8 Å². The maximum Gasteiger partial charge on any atom is 0.220 e. The van der Waals surface area contributed by atoms with E-state index in [1.807, 2.05) is 18.2 Å². The molecule has 21 heavy (non-hydrogen) atoms. The van der Waals surface area contributed by atoms with Gasteiger partial charge in [0.25, 0.3) is 0 Å². The highest BCUT2D eigenvalue weighted by atomic mass is 35.5. The molecule has 2 rings (SSSR count). The monoisotopic (exact) mass is 333 g/mol. The Labute approximate surface area is 139 Å². The van der Waals surface area contributed by atoms with Gasteiger partial charge in [-0.15, -0.1) is 24.8 Å². The number of carbonyl (C=O) groups excluding carboxylic acids is 1. The summed E-state index contributed by atoms with van der Waals surface area (Å²) in [6.45, 7) is 0.651. The number of pyridine rings is 1. The number of nitrogens with zero attached hydrogens (tertiary/aromatic N) is 1. The van der Waals surface area contributed by atoms with Gasteiger partial charge in [0.05, 0.1) is 0 Å². The number of rotatable bonds is 5. The third-order valence-corrected chi connectivity index (χ3v) is 3.84. The largest absolute Gasteiger partial charge is 0.356 e. The lowest BCUT2D eigenvalue weighted by atomic mass is 9.83. The highest BCUT2D eigenvalue weighted by Crippen LogP contribution is 2.25. The van der Waals surface area contributed by atoms with E-state index in [0.29, 0.717) is 18.9 Å². The molecule has 1 aliphatic rings. The average molecular weight is 334 g/mol. The van der Waals surface area contributed by atoms with Crippen LogP contribution in [0.4, 0.5) is 0 Å². The standard InChI is InChI=1S/C15H23N3O.2ClH/c16-14-7-2-1-5-12(14)11-15(19)18-10-8-13-6-3-4-9-17-13;;/h3-4,6,9,12,14H,1-2,5,7-8,10-11,16H2,(H,18,19);2*1H. The van der Waals surface area contributed by atoms with Gasteiger partial charge >= 0.3 is 0 Å². The maximum atomic E-state index is 11.9. The van der Waals surface area contributed by atoms with Gasteiger partial charge < -0.3 is 11.1 Å². The molecule has 0 aromatic carbocycles. The van der Waals surface area contributed by atoms with E-state index in [-0.39, 0.29) is 36.8 Å². The quantitative estimate of drug-likeness (QED) is 0.869. The van der Waals surface area contributed by atoms with E-state index in [1.54, 1.807) is 6.20 Å². The van der Waals surface area contributed by atoms with Crippen LogP contribution in [-0.2, 0) is 11.2 Å². The first kappa shape index (κ1) is 20.2. The van der Waals surface area contributed by atoms with Gasteiger partial charge in [-0.1, -0.05) is 18.9 Å². The summed E-state index contributed by atoms with van der Waals surface area (Å²) in [6, 6.07) is 6.04. The first-order chi connectivity index (χ1) is 9.25. The number of nitrogens with two attached hydrogens (primary N) is 1. The zero-order valence-corrected chi connectivity index (χ0v) is 13.8. The van der Waals surface area contributed by atoms with Gasteiger partial charge in [0.15, 0.2) is 0 Å². The third-order valence-electron chi connectivity index (χ3n) is 3.84. The Hall–Kier alpha value is -0.840. The van der Waals surface area contributed by atoms with Crippen molar-refractivity contribution in [2.45, 2.75) is 44.6 Å². The molecular weight excluding hydrogens is 309 g/mol. The molecule has 0 bridgehead atoms. The molecule has 4 nitrogen and oxygen atoms in total. The molecule has 120 valence electrons. The Bertz CT molecular complexity index is 403. The van der Waals surface area contributed by atoms with Gasteiger partial charge in [-0.25, -0.2) is 0 Å². The molecule has 1 aliphatic carbocycles. The van der Waals surface area contributed by atoms with Crippen LogP contribution in [0, 0.1) is 5.92 Å². The summed E-state index contributed by atoms with van der Waals surface area (Å²) in [7, 11) is 0. The number of carbonyl (C=O) groups is 1. The molecule has 1 saturated carbocycles. The Morgan fingerprint density at radius 3 is 2.71 bits per heavy atom. The summed E-state index contributed by atoms with van der Waals surface area (Å²) in [5.41, 5.74) is 7.07. The molecule has 3 N–H and O–H groups in total. The van der Waals surface area contributed by atoms with Crippen LogP contribution in [0.1, 0.15) is 37.8 Å². The van der Waals surface area contributed by atoms with E-state index in [4.69, 9.17) is 5.73 Å². The van der Waals surface area contributed by atoms with Crippen molar-refractivity contribution in [3.63, 3.8) is 0 Å². The Morgan fingerprint density at radius 1 is 1.29 bits per heavy atom. The number of aromatic nitrogens is 1. The molecule has 0 radical (unpaired) electrons. The van der Waals surface area contributed by atoms with Crippen molar-refractivity contribution in [2.24, 2.45) is 11.7 Å². The Kier molecular flexibility index (Phi) is 10.4. The molecular formula is C15H25Cl2N3O. The third kappa shape index (κ3) is 7.11. The summed E-state index contributed by atoms with van der Waals surface area (Å²) in [5.74, 6) is 0.488. The van der Waals surface area contributed by atoms with Crippen LogP contribution < -0.4 is 11.1 Å². The van der Waals surface area contributed by atoms with Crippen molar-refractivity contribution >= 4 is 30.7 Å². The fraction of sp³-hybridized carbons (Fsp3) is 0.600. The molecule has 0 aliphatic heterocycles. The van der Waals surface area contributed by atoms with Gasteiger partial charge in [-0.3, -0.25) is 9.78 Å². The van der Waals surface area contributed by atoms with Crippen LogP contribution in [0.5, 0.6) is 0 Å². The molecule has 2 unspecified atom stereocenters. The second-order valence-electron chi connectivity index (χ2n) is 5.33. The molecule has 0 spiro atoms. The van der Waals surface area contributed by atoms with Gasteiger partial charge in [0.1, 0.15) is 0 Å². The summed E-state index contributed by atoms with van der Waals surface area (Å²) >= 11 is 0. The van der Waals surface area contributed by atoms with E-state index in [9.17, 15) is 4.79 Å². The molecule has 1 amide bonds. The van der Waals surface area contributed by atoms with Gasteiger partial charge in [-0.2, -0.15) is 0 Å². The minimum atomic E-state index is 0. The minimum Gasteiger partial charge on any atom is -0.356 e. The number of hydrogen-bond donors (Lipinski definition) is 2. The molecule has 1 fully saturated rings. The highest BCUT2D eigenvalue weighted by Gasteiger charge is 2.23. The highest BCUT2D eigenvalue weighted by molar-refractivity contribution is 5.85. The van der Waals surface area contributed by atoms with Crippen molar-refractivity contribution in [1.82, 2.24) is 10.3 Å².